The summed E-state index contributed by atoms with van der Waals surface area (Å²) >= 11 is 0. The Kier molecular flexibility index (Phi) is 4.08. The third kappa shape index (κ3) is 3.51. The molecule has 5 heteroatoms. The van der Waals surface area contributed by atoms with Crippen LogP contribution < -0.4 is 5.32 Å². The average Bonchev–Trinajstić information content (AvgIpc) is 2.11. The van der Waals surface area contributed by atoms with Gasteiger partial charge in [0.2, 0.25) is 5.91 Å². The van der Waals surface area contributed by atoms with Crippen molar-refractivity contribution >= 4 is 11.9 Å². The maximum atomic E-state index is 11.6. The number of piperazine rings is 1. The molecule has 0 spiro atoms. The van der Waals surface area contributed by atoms with Gasteiger partial charge < -0.3 is 15.0 Å². The monoisotopic (exact) mass is 214 g/mol. The van der Waals surface area contributed by atoms with Crippen molar-refractivity contribution in [3.63, 3.8) is 0 Å². The molecule has 1 amide bonds. The second kappa shape index (κ2) is 5.11. The summed E-state index contributed by atoms with van der Waals surface area (Å²) in [5.41, 5.74) is 0. The number of likely N-dealkylation sites (N-methyl/N-ethyl adjacent to an activating group) is 1. The van der Waals surface area contributed by atoms with Crippen LogP contribution in [-0.4, -0.2) is 49.1 Å². The standard InChI is InChI=1S/C10H18N2O3/c1-7(2)15-9(13)6-8-10(14)12(3)5-4-11-8/h7-8,11H,4-6H2,1-3H3/t8-/m1/s1. The highest BCUT2D eigenvalue weighted by Crippen LogP contribution is 2.05. The van der Waals surface area contributed by atoms with E-state index in [0.717, 1.165) is 6.54 Å². The first kappa shape index (κ1) is 12.0. The first-order chi connectivity index (χ1) is 7.00. The van der Waals surface area contributed by atoms with Gasteiger partial charge in [0.25, 0.3) is 0 Å². The summed E-state index contributed by atoms with van der Waals surface area (Å²) in [5.74, 6) is -0.367. The van der Waals surface area contributed by atoms with Crippen LogP contribution in [0.1, 0.15) is 20.3 Å². The molecule has 1 saturated heterocycles. The number of amides is 1. The highest BCUT2D eigenvalue weighted by atomic mass is 16.5. The number of carbonyl (C=O) groups is 2. The lowest BCUT2D eigenvalue weighted by atomic mass is 10.1. The van der Waals surface area contributed by atoms with Gasteiger partial charge in [-0.3, -0.25) is 9.59 Å². The molecule has 0 aliphatic carbocycles. The predicted octanol–water partition coefficient (Wildman–Crippen LogP) is -0.242. The third-order valence-electron chi connectivity index (χ3n) is 2.25. The zero-order chi connectivity index (χ0) is 11.4. The topological polar surface area (TPSA) is 58.6 Å². The lowest BCUT2D eigenvalue weighted by molar-refractivity contribution is -0.151. The van der Waals surface area contributed by atoms with E-state index >= 15 is 0 Å². The third-order valence-corrected chi connectivity index (χ3v) is 2.25. The minimum absolute atomic E-state index is 0.0399. The van der Waals surface area contributed by atoms with E-state index in [1.165, 1.54) is 0 Å². The van der Waals surface area contributed by atoms with Gasteiger partial charge in [0.05, 0.1) is 18.6 Å². The molecular formula is C10H18N2O3. The smallest absolute Gasteiger partial charge is 0.308 e. The zero-order valence-electron chi connectivity index (χ0n) is 9.45. The number of nitrogens with zero attached hydrogens (tertiary/aromatic N) is 1. The van der Waals surface area contributed by atoms with E-state index in [-0.39, 0.29) is 24.4 Å². The lowest BCUT2D eigenvalue weighted by Gasteiger charge is -2.29. The highest BCUT2D eigenvalue weighted by molar-refractivity contribution is 5.87. The zero-order valence-corrected chi connectivity index (χ0v) is 9.45. The van der Waals surface area contributed by atoms with Crippen LogP contribution in [0.15, 0.2) is 0 Å². The van der Waals surface area contributed by atoms with E-state index in [1.807, 2.05) is 0 Å². The van der Waals surface area contributed by atoms with E-state index in [0.29, 0.717) is 6.54 Å². The van der Waals surface area contributed by atoms with E-state index in [1.54, 1.807) is 25.8 Å². The summed E-state index contributed by atoms with van der Waals surface area (Å²) in [7, 11) is 1.74. The fourth-order valence-corrected chi connectivity index (χ4v) is 1.51. The van der Waals surface area contributed by atoms with Gasteiger partial charge in [-0.25, -0.2) is 0 Å². The molecule has 1 aliphatic heterocycles. The Labute approximate surface area is 89.8 Å². The fourth-order valence-electron chi connectivity index (χ4n) is 1.51. The number of esters is 1. The van der Waals surface area contributed by atoms with Crippen molar-refractivity contribution in [2.24, 2.45) is 0 Å². The highest BCUT2D eigenvalue weighted by Gasteiger charge is 2.28. The summed E-state index contributed by atoms with van der Waals surface area (Å²) in [6, 6.07) is -0.421. The SMILES string of the molecule is CC(C)OC(=O)C[C@H]1NCCN(C)C1=O. The molecule has 1 N–H and O–H groups in total. The Morgan fingerprint density at radius 1 is 1.67 bits per heavy atom. The van der Waals surface area contributed by atoms with Crippen molar-refractivity contribution in [3.05, 3.63) is 0 Å². The van der Waals surface area contributed by atoms with Gasteiger partial charge in [0, 0.05) is 20.1 Å². The molecule has 1 aliphatic rings. The van der Waals surface area contributed by atoms with Crippen LogP contribution in [0, 0.1) is 0 Å². The normalized spacial score (nSPS) is 22.0. The van der Waals surface area contributed by atoms with Crippen LogP contribution in [0.3, 0.4) is 0 Å². The Hall–Kier alpha value is -1.10. The number of nitrogens with one attached hydrogen (secondary N) is 1. The first-order valence-corrected chi connectivity index (χ1v) is 5.18. The summed E-state index contributed by atoms with van der Waals surface area (Å²) in [4.78, 5) is 24.6. The second-order valence-electron chi connectivity index (χ2n) is 4.01. The minimum Gasteiger partial charge on any atom is -0.463 e. The van der Waals surface area contributed by atoms with Crippen molar-refractivity contribution in [2.75, 3.05) is 20.1 Å². The number of carbonyl (C=O) groups excluding carboxylic acids is 2. The van der Waals surface area contributed by atoms with Crippen molar-refractivity contribution < 1.29 is 14.3 Å². The molecule has 1 atom stereocenters. The Bertz CT molecular complexity index is 253. The Balaban J connectivity index is 2.43. The van der Waals surface area contributed by atoms with Crippen LogP contribution in [0.25, 0.3) is 0 Å². The molecule has 1 fully saturated rings. The maximum Gasteiger partial charge on any atom is 0.308 e. The molecule has 5 nitrogen and oxygen atoms in total. The Morgan fingerprint density at radius 2 is 2.33 bits per heavy atom. The van der Waals surface area contributed by atoms with E-state index in [9.17, 15) is 9.59 Å². The quantitative estimate of drug-likeness (QED) is 0.659. The van der Waals surface area contributed by atoms with Gasteiger partial charge in [0.1, 0.15) is 0 Å². The molecule has 0 bridgehead atoms. The number of hydrogen-bond acceptors (Lipinski definition) is 4. The molecule has 0 unspecified atom stereocenters. The van der Waals surface area contributed by atoms with Crippen LogP contribution in [-0.2, 0) is 14.3 Å². The minimum atomic E-state index is -0.421. The van der Waals surface area contributed by atoms with Gasteiger partial charge >= 0.3 is 5.97 Å². The van der Waals surface area contributed by atoms with Crippen LogP contribution in [0.2, 0.25) is 0 Å². The molecule has 86 valence electrons. The molecule has 0 saturated carbocycles. The van der Waals surface area contributed by atoms with Crippen molar-refractivity contribution in [3.8, 4) is 0 Å². The lowest BCUT2D eigenvalue weighted by Crippen LogP contribution is -2.54. The molecule has 15 heavy (non-hydrogen) atoms. The van der Waals surface area contributed by atoms with Gasteiger partial charge in [-0.05, 0) is 13.8 Å². The summed E-state index contributed by atoms with van der Waals surface area (Å²) < 4.78 is 4.99. The predicted molar refractivity (Wildman–Crippen MR) is 55.3 cm³/mol. The average molecular weight is 214 g/mol. The summed E-state index contributed by atoms with van der Waals surface area (Å²) in [5, 5.41) is 3.01. The molecule has 0 aromatic rings. The molecule has 0 aromatic carbocycles. The van der Waals surface area contributed by atoms with Crippen LogP contribution in [0.5, 0.6) is 0 Å². The molecule has 1 rings (SSSR count). The van der Waals surface area contributed by atoms with Gasteiger partial charge in [-0.15, -0.1) is 0 Å². The van der Waals surface area contributed by atoms with Gasteiger partial charge in [-0.1, -0.05) is 0 Å². The molecular weight excluding hydrogens is 196 g/mol. The number of hydrogen-bond donors (Lipinski definition) is 1. The molecule has 1 heterocycles. The van der Waals surface area contributed by atoms with E-state index < -0.39 is 6.04 Å². The molecule has 0 aromatic heterocycles. The second-order valence-corrected chi connectivity index (χ2v) is 4.01. The first-order valence-electron chi connectivity index (χ1n) is 5.18. The number of rotatable bonds is 3. The molecule has 0 radical (unpaired) electrons. The number of ether oxygens (including phenoxy) is 1. The van der Waals surface area contributed by atoms with Gasteiger partial charge in [-0.2, -0.15) is 0 Å². The fraction of sp³-hybridized carbons (Fsp3) is 0.800. The van der Waals surface area contributed by atoms with E-state index in [2.05, 4.69) is 5.32 Å². The largest absolute Gasteiger partial charge is 0.463 e. The Morgan fingerprint density at radius 3 is 2.93 bits per heavy atom. The summed E-state index contributed by atoms with van der Waals surface area (Å²) in [6.07, 6.45) is -0.0182. The van der Waals surface area contributed by atoms with Crippen molar-refractivity contribution in [2.45, 2.75) is 32.4 Å². The maximum absolute atomic E-state index is 11.6. The van der Waals surface area contributed by atoms with E-state index in [4.69, 9.17) is 4.74 Å². The van der Waals surface area contributed by atoms with Crippen LogP contribution in [0.4, 0.5) is 0 Å². The van der Waals surface area contributed by atoms with Crippen LogP contribution >= 0.6 is 0 Å². The van der Waals surface area contributed by atoms with Crippen molar-refractivity contribution in [1.29, 1.82) is 0 Å². The van der Waals surface area contributed by atoms with Gasteiger partial charge in [0.15, 0.2) is 0 Å². The summed E-state index contributed by atoms with van der Waals surface area (Å²) in [6.45, 7) is 5.00. The van der Waals surface area contributed by atoms with Crippen molar-refractivity contribution in [1.82, 2.24) is 10.2 Å².